The number of alkyl halides is 3. The number of aliphatic hydroxyl groups is 1. The second-order valence-electron chi connectivity index (χ2n) is 6.54. The number of amides is 2. The summed E-state index contributed by atoms with van der Waals surface area (Å²) in [5, 5.41) is 16.1. The van der Waals surface area contributed by atoms with E-state index >= 15 is 0 Å². The van der Waals surface area contributed by atoms with E-state index in [0.29, 0.717) is 37.2 Å². The van der Waals surface area contributed by atoms with Crippen molar-refractivity contribution in [2.24, 2.45) is 0 Å². The summed E-state index contributed by atoms with van der Waals surface area (Å²) in [6, 6.07) is 6.18. The molecule has 3 rings (SSSR count). The Morgan fingerprint density at radius 1 is 1.32 bits per heavy atom. The minimum atomic E-state index is -4.49. The number of carbonyl (C=O) groups excluding carboxylic acids is 2. The Hall–Kier alpha value is -2.88. The van der Waals surface area contributed by atoms with Crippen molar-refractivity contribution in [3.05, 3.63) is 42.2 Å². The first-order valence-electron chi connectivity index (χ1n) is 8.73. The SMILES string of the molecule is O=C(CN1CCCCC(O)C1=O)Nc1cccc(-n2cc(C(F)(F)F)cn2)c1. The number of aromatic nitrogens is 2. The van der Waals surface area contributed by atoms with Crippen molar-refractivity contribution >= 4 is 17.5 Å². The first-order valence-corrected chi connectivity index (χ1v) is 8.73. The quantitative estimate of drug-likeness (QED) is 0.830. The highest BCUT2D eigenvalue weighted by molar-refractivity contribution is 5.95. The minimum Gasteiger partial charge on any atom is -0.383 e. The molecule has 0 aliphatic carbocycles. The lowest BCUT2D eigenvalue weighted by molar-refractivity contribution is -0.141. The van der Waals surface area contributed by atoms with Gasteiger partial charge in [-0.25, -0.2) is 4.68 Å². The van der Waals surface area contributed by atoms with Gasteiger partial charge in [0.05, 0.1) is 24.0 Å². The number of benzene rings is 1. The van der Waals surface area contributed by atoms with Gasteiger partial charge in [0.1, 0.15) is 6.10 Å². The zero-order valence-electron chi connectivity index (χ0n) is 14.8. The van der Waals surface area contributed by atoms with Crippen LogP contribution in [0.3, 0.4) is 0 Å². The molecule has 1 fully saturated rings. The highest BCUT2D eigenvalue weighted by atomic mass is 19.4. The molecular weight excluding hydrogens is 377 g/mol. The lowest BCUT2D eigenvalue weighted by Gasteiger charge is -2.21. The van der Waals surface area contributed by atoms with Crippen molar-refractivity contribution in [1.82, 2.24) is 14.7 Å². The molecule has 2 amide bonds. The van der Waals surface area contributed by atoms with Gasteiger partial charge in [-0.2, -0.15) is 18.3 Å². The van der Waals surface area contributed by atoms with Crippen LogP contribution < -0.4 is 5.32 Å². The molecule has 0 spiro atoms. The zero-order chi connectivity index (χ0) is 20.3. The van der Waals surface area contributed by atoms with E-state index in [1.54, 1.807) is 18.2 Å². The molecule has 28 heavy (non-hydrogen) atoms. The van der Waals surface area contributed by atoms with E-state index in [9.17, 15) is 27.9 Å². The second kappa shape index (κ2) is 8.01. The molecular formula is C18H19F3N4O3. The van der Waals surface area contributed by atoms with Crippen molar-refractivity contribution < 1.29 is 27.9 Å². The standard InChI is InChI=1S/C18H19F3N4O3/c19-18(20,21)12-9-22-25(10-12)14-5-3-4-13(8-14)23-16(27)11-24-7-2-1-6-15(26)17(24)28/h3-5,8-10,15,26H,1-2,6-7,11H2,(H,23,27). The van der Waals surface area contributed by atoms with E-state index in [0.717, 1.165) is 17.1 Å². The molecule has 1 aromatic heterocycles. The van der Waals surface area contributed by atoms with Crippen LogP contribution in [0.15, 0.2) is 36.7 Å². The summed E-state index contributed by atoms with van der Waals surface area (Å²) in [6.07, 6.45) is -2.22. The minimum absolute atomic E-state index is 0.208. The normalized spacial score (nSPS) is 18.1. The summed E-state index contributed by atoms with van der Waals surface area (Å²) in [7, 11) is 0. The molecule has 0 radical (unpaired) electrons. The van der Waals surface area contributed by atoms with Gasteiger partial charge in [0.2, 0.25) is 5.91 Å². The van der Waals surface area contributed by atoms with Gasteiger partial charge in [-0.15, -0.1) is 0 Å². The molecule has 2 aromatic rings. The lowest BCUT2D eigenvalue weighted by Crippen LogP contribution is -2.42. The molecule has 10 heteroatoms. The molecule has 1 aliphatic heterocycles. The molecule has 2 heterocycles. The Bertz CT molecular complexity index is 866. The fourth-order valence-electron chi connectivity index (χ4n) is 2.95. The lowest BCUT2D eigenvalue weighted by atomic mass is 10.2. The molecule has 2 N–H and O–H groups in total. The van der Waals surface area contributed by atoms with E-state index in [1.165, 1.54) is 11.0 Å². The Morgan fingerprint density at radius 3 is 2.82 bits per heavy atom. The van der Waals surface area contributed by atoms with Crippen LogP contribution >= 0.6 is 0 Å². The molecule has 150 valence electrons. The first-order chi connectivity index (χ1) is 13.2. The van der Waals surface area contributed by atoms with Gasteiger partial charge in [0.15, 0.2) is 0 Å². The number of anilines is 1. The van der Waals surface area contributed by atoms with Crippen LogP contribution in [0.4, 0.5) is 18.9 Å². The maximum Gasteiger partial charge on any atom is 0.419 e. The number of nitrogens with one attached hydrogen (secondary N) is 1. The van der Waals surface area contributed by atoms with Crippen molar-refractivity contribution in [3.8, 4) is 5.69 Å². The van der Waals surface area contributed by atoms with Crippen LogP contribution in [0.1, 0.15) is 24.8 Å². The van der Waals surface area contributed by atoms with Gasteiger partial charge in [-0.05, 0) is 37.5 Å². The Morgan fingerprint density at radius 2 is 2.11 bits per heavy atom. The smallest absolute Gasteiger partial charge is 0.383 e. The summed E-state index contributed by atoms with van der Waals surface area (Å²) in [5.41, 5.74) is -0.177. The third-order valence-corrected chi connectivity index (χ3v) is 4.39. The number of aliphatic hydroxyl groups excluding tert-OH is 1. The third kappa shape index (κ3) is 4.69. The average Bonchev–Trinajstić information content (AvgIpc) is 3.09. The van der Waals surface area contributed by atoms with Gasteiger partial charge >= 0.3 is 6.18 Å². The fraction of sp³-hybridized carbons (Fsp3) is 0.389. The number of halogens is 3. The van der Waals surface area contributed by atoms with Crippen LogP contribution in [0, 0.1) is 0 Å². The van der Waals surface area contributed by atoms with Crippen molar-refractivity contribution in [2.75, 3.05) is 18.4 Å². The molecule has 1 saturated heterocycles. The van der Waals surface area contributed by atoms with Crippen LogP contribution in [0.2, 0.25) is 0 Å². The van der Waals surface area contributed by atoms with Crippen molar-refractivity contribution in [1.29, 1.82) is 0 Å². The highest BCUT2D eigenvalue weighted by Gasteiger charge is 2.32. The summed E-state index contributed by atoms with van der Waals surface area (Å²) in [5.74, 6) is -0.936. The van der Waals surface area contributed by atoms with Crippen LogP contribution in [0.25, 0.3) is 5.69 Å². The topological polar surface area (TPSA) is 87.5 Å². The summed E-state index contributed by atoms with van der Waals surface area (Å²) < 4.78 is 39.2. The van der Waals surface area contributed by atoms with Gasteiger partial charge in [-0.1, -0.05) is 6.07 Å². The van der Waals surface area contributed by atoms with E-state index < -0.39 is 29.7 Å². The van der Waals surface area contributed by atoms with E-state index in [4.69, 9.17) is 0 Å². The third-order valence-electron chi connectivity index (χ3n) is 4.39. The predicted octanol–water partition coefficient (Wildman–Crippen LogP) is 2.20. The summed E-state index contributed by atoms with van der Waals surface area (Å²) in [6.45, 7) is 0.178. The Labute approximate surface area is 158 Å². The first kappa shape index (κ1) is 19.9. The van der Waals surface area contributed by atoms with E-state index in [1.807, 2.05) is 0 Å². The number of nitrogens with zero attached hydrogens (tertiary/aromatic N) is 3. The molecule has 1 atom stereocenters. The number of carbonyl (C=O) groups is 2. The van der Waals surface area contributed by atoms with Crippen LogP contribution in [-0.2, 0) is 15.8 Å². The van der Waals surface area contributed by atoms with Gasteiger partial charge in [0.25, 0.3) is 5.91 Å². The van der Waals surface area contributed by atoms with Crippen molar-refractivity contribution in [3.63, 3.8) is 0 Å². The van der Waals surface area contributed by atoms with Gasteiger partial charge in [0, 0.05) is 18.4 Å². The van der Waals surface area contributed by atoms with E-state index in [-0.39, 0.29) is 6.54 Å². The number of hydrogen-bond donors (Lipinski definition) is 2. The Balaban J connectivity index is 1.68. The molecule has 1 aromatic carbocycles. The van der Waals surface area contributed by atoms with E-state index in [2.05, 4.69) is 10.4 Å². The maximum atomic E-state index is 12.7. The number of hydrogen-bond acceptors (Lipinski definition) is 4. The van der Waals surface area contributed by atoms with Crippen molar-refractivity contribution in [2.45, 2.75) is 31.5 Å². The molecule has 7 nitrogen and oxygen atoms in total. The van der Waals surface area contributed by atoms with Crippen LogP contribution in [0.5, 0.6) is 0 Å². The average molecular weight is 396 g/mol. The number of rotatable bonds is 4. The predicted molar refractivity (Wildman–Crippen MR) is 93.6 cm³/mol. The number of likely N-dealkylation sites (tertiary alicyclic amines) is 1. The maximum absolute atomic E-state index is 12.7. The molecule has 1 unspecified atom stereocenters. The summed E-state index contributed by atoms with van der Waals surface area (Å²) in [4.78, 5) is 25.6. The van der Waals surface area contributed by atoms with Gasteiger partial charge < -0.3 is 15.3 Å². The molecule has 0 saturated carbocycles. The molecule has 1 aliphatic rings. The zero-order valence-corrected chi connectivity index (χ0v) is 14.8. The van der Waals surface area contributed by atoms with Crippen LogP contribution in [-0.4, -0.2) is 50.8 Å². The largest absolute Gasteiger partial charge is 0.419 e. The fourth-order valence-corrected chi connectivity index (χ4v) is 2.95. The van der Waals surface area contributed by atoms with Gasteiger partial charge in [-0.3, -0.25) is 9.59 Å². The highest BCUT2D eigenvalue weighted by Crippen LogP contribution is 2.29. The monoisotopic (exact) mass is 396 g/mol. The second-order valence-corrected chi connectivity index (χ2v) is 6.54. The Kier molecular flexibility index (Phi) is 5.68. The summed E-state index contributed by atoms with van der Waals surface area (Å²) >= 11 is 0. The molecule has 0 bridgehead atoms.